The molecule has 0 bridgehead atoms. The lowest BCUT2D eigenvalue weighted by Gasteiger charge is -2.17. The van der Waals surface area contributed by atoms with Gasteiger partial charge in [-0.1, -0.05) is 31.9 Å². The van der Waals surface area contributed by atoms with Gasteiger partial charge in [0.1, 0.15) is 0 Å². The minimum Gasteiger partial charge on any atom is -0.221 e. The molecule has 0 aliphatic carbocycles. The molecule has 0 fully saturated rings. The average Bonchev–Trinajstić information content (AvgIpc) is 2.34. The zero-order chi connectivity index (χ0) is 14.1. The first-order chi connectivity index (χ1) is 9.01. The summed E-state index contributed by atoms with van der Waals surface area (Å²) in [5.41, 5.74) is 0.390. The van der Waals surface area contributed by atoms with E-state index >= 15 is 0 Å². The topological polar surface area (TPSA) is 38.7 Å². The number of hydrogen-bond acceptors (Lipinski definition) is 5. The van der Waals surface area contributed by atoms with E-state index in [0.717, 1.165) is 11.5 Å². The minimum absolute atomic E-state index is 0.364. The predicted molar refractivity (Wildman–Crippen MR) is 81.6 cm³/mol. The highest BCUT2D eigenvalue weighted by molar-refractivity contribution is 8.00. The molecule has 19 heavy (non-hydrogen) atoms. The quantitative estimate of drug-likeness (QED) is 0.325. The van der Waals surface area contributed by atoms with Crippen LogP contribution in [-0.2, 0) is 9.93 Å². The number of benzene rings is 1. The van der Waals surface area contributed by atoms with Crippen molar-refractivity contribution in [2.45, 2.75) is 37.0 Å². The molecule has 0 aliphatic heterocycles. The van der Waals surface area contributed by atoms with E-state index in [2.05, 4.69) is 55.0 Å². The molecule has 0 unspecified atom stereocenters. The molecule has 5 heteroatoms. The molecule has 0 spiro atoms. The highest BCUT2D eigenvalue weighted by Crippen LogP contribution is 2.28. The van der Waals surface area contributed by atoms with Crippen LogP contribution in [0.1, 0.15) is 27.2 Å². The number of thioether (sulfide) groups is 2. The summed E-state index contributed by atoms with van der Waals surface area (Å²) < 4.78 is 0. The van der Waals surface area contributed by atoms with Gasteiger partial charge in [-0.2, -0.15) is 0 Å². The second-order valence-corrected chi connectivity index (χ2v) is 7.72. The number of rotatable bonds is 8. The third-order valence-electron chi connectivity index (χ3n) is 2.41. The Bertz CT molecular complexity index is 364. The standard InChI is InChI=1S/C14H22O3S2/c1-14(2,3)7-9-18-12-5-4-6-13(11-12)19-10-8-16-17-15/h4-6,11,15H,7-10H2,1-3H3. The molecule has 0 aromatic heterocycles. The first-order valence-electron chi connectivity index (χ1n) is 6.30. The summed E-state index contributed by atoms with van der Waals surface area (Å²) in [5.74, 6) is 1.88. The Morgan fingerprint density at radius 3 is 2.32 bits per heavy atom. The van der Waals surface area contributed by atoms with Gasteiger partial charge in [0.05, 0.1) is 6.61 Å². The average molecular weight is 302 g/mol. The maximum absolute atomic E-state index is 8.04. The van der Waals surface area contributed by atoms with E-state index in [1.165, 1.54) is 16.2 Å². The molecule has 0 saturated heterocycles. The Labute approximate surface area is 123 Å². The summed E-state index contributed by atoms with van der Waals surface area (Å²) in [4.78, 5) is 6.93. The van der Waals surface area contributed by atoms with Crippen LogP contribution in [0.3, 0.4) is 0 Å². The maximum Gasteiger partial charge on any atom is 0.0947 e. The first-order valence-corrected chi connectivity index (χ1v) is 8.27. The van der Waals surface area contributed by atoms with Crippen LogP contribution in [0.25, 0.3) is 0 Å². The van der Waals surface area contributed by atoms with Gasteiger partial charge in [-0.25, -0.2) is 10.1 Å². The molecule has 1 rings (SSSR count). The van der Waals surface area contributed by atoms with Gasteiger partial charge in [-0.3, -0.25) is 0 Å². The van der Waals surface area contributed by atoms with Crippen molar-refractivity contribution in [1.82, 2.24) is 0 Å². The highest BCUT2D eigenvalue weighted by atomic mass is 32.2. The summed E-state index contributed by atoms with van der Waals surface area (Å²) in [7, 11) is 0. The molecule has 0 amide bonds. The molecular weight excluding hydrogens is 280 g/mol. The van der Waals surface area contributed by atoms with E-state index in [-0.39, 0.29) is 0 Å². The zero-order valence-electron chi connectivity index (χ0n) is 11.7. The van der Waals surface area contributed by atoms with Crippen molar-refractivity contribution in [3.05, 3.63) is 24.3 Å². The first kappa shape index (κ1) is 16.9. The fourth-order valence-electron chi connectivity index (χ4n) is 1.36. The van der Waals surface area contributed by atoms with Crippen molar-refractivity contribution in [2.24, 2.45) is 5.41 Å². The molecular formula is C14H22O3S2. The Morgan fingerprint density at radius 1 is 1.11 bits per heavy atom. The fourth-order valence-corrected chi connectivity index (χ4v) is 3.54. The van der Waals surface area contributed by atoms with Gasteiger partial charge in [0.2, 0.25) is 0 Å². The molecule has 108 valence electrons. The van der Waals surface area contributed by atoms with Gasteiger partial charge >= 0.3 is 0 Å². The van der Waals surface area contributed by atoms with E-state index in [1.54, 1.807) is 11.8 Å². The lowest BCUT2D eigenvalue weighted by atomic mass is 9.94. The smallest absolute Gasteiger partial charge is 0.0947 e. The normalized spacial score (nSPS) is 11.8. The lowest BCUT2D eigenvalue weighted by Crippen LogP contribution is -2.05. The van der Waals surface area contributed by atoms with Gasteiger partial charge in [0.15, 0.2) is 0 Å². The van der Waals surface area contributed by atoms with Gasteiger partial charge in [-0.15, -0.1) is 23.5 Å². The van der Waals surface area contributed by atoms with Gasteiger partial charge < -0.3 is 0 Å². The van der Waals surface area contributed by atoms with Gasteiger partial charge in [0, 0.05) is 15.5 Å². The predicted octanol–water partition coefficient (Wildman–Crippen LogP) is 4.73. The SMILES string of the molecule is CC(C)(C)CCSc1cccc(SCCOOO)c1. The van der Waals surface area contributed by atoms with Gasteiger partial charge in [-0.05, 0) is 35.8 Å². The van der Waals surface area contributed by atoms with E-state index in [9.17, 15) is 0 Å². The molecule has 0 aliphatic rings. The van der Waals surface area contributed by atoms with Crippen molar-refractivity contribution in [3.63, 3.8) is 0 Å². The Hall–Kier alpha value is -0.200. The molecule has 3 nitrogen and oxygen atoms in total. The van der Waals surface area contributed by atoms with Crippen molar-refractivity contribution < 1.29 is 15.2 Å². The largest absolute Gasteiger partial charge is 0.221 e. The summed E-state index contributed by atoms with van der Waals surface area (Å²) in [6.07, 6.45) is 1.21. The van der Waals surface area contributed by atoms with Crippen molar-refractivity contribution in [2.75, 3.05) is 18.1 Å². The summed E-state index contributed by atoms with van der Waals surface area (Å²) in [6, 6.07) is 8.49. The van der Waals surface area contributed by atoms with Crippen LogP contribution < -0.4 is 0 Å². The second-order valence-electron chi connectivity index (χ2n) is 5.38. The molecule has 0 atom stereocenters. The Balaban J connectivity index is 2.35. The molecule has 0 radical (unpaired) electrons. The molecule has 1 aromatic carbocycles. The molecule has 1 aromatic rings. The molecule has 0 saturated carbocycles. The maximum atomic E-state index is 8.04. The van der Waals surface area contributed by atoms with E-state index in [4.69, 9.17) is 5.26 Å². The van der Waals surface area contributed by atoms with Crippen LogP contribution in [0, 0.1) is 5.41 Å². The molecule has 0 heterocycles. The fraction of sp³-hybridized carbons (Fsp3) is 0.571. The third kappa shape index (κ3) is 8.55. The Kier molecular flexibility index (Phi) is 7.87. The van der Waals surface area contributed by atoms with Crippen LogP contribution in [0.5, 0.6) is 0 Å². The van der Waals surface area contributed by atoms with E-state index in [1.807, 2.05) is 11.8 Å². The third-order valence-corrected chi connectivity index (χ3v) is 4.37. The molecule has 1 N–H and O–H groups in total. The monoisotopic (exact) mass is 302 g/mol. The lowest BCUT2D eigenvalue weighted by molar-refractivity contribution is -0.488. The van der Waals surface area contributed by atoms with E-state index < -0.39 is 0 Å². The van der Waals surface area contributed by atoms with Crippen LogP contribution in [-0.4, -0.2) is 23.4 Å². The zero-order valence-corrected chi connectivity index (χ0v) is 13.4. The van der Waals surface area contributed by atoms with Crippen molar-refractivity contribution in [3.8, 4) is 0 Å². The highest BCUT2D eigenvalue weighted by Gasteiger charge is 2.09. The van der Waals surface area contributed by atoms with Crippen LogP contribution in [0.4, 0.5) is 0 Å². The van der Waals surface area contributed by atoms with Crippen LogP contribution in [0.15, 0.2) is 34.1 Å². The second kappa shape index (κ2) is 8.87. The van der Waals surface area contributed by atoms with E-state index in [0.29, 0.717) is 12.0 Å². The number of hydrogen-bond donors (Lipinski definition) is 1. The summed E-state index contributed by atoms with van der Waals surface area (Å²) >= 11 is 3.58. The minimum atomic E-state index is 0.364. The van der Waals surface area contributed by atoms with Crippen molar-refractivity contribution >= 4 is 23.5 Å². The van der Waals surface area contributed by atoms with Crippen LogP contribution in [0.2, 0.25) is 0 Å². The Morgan fingerprint density at radius 2 is 1.74 bits per heavy atom. The summed E-state index contributed by atoms with van der Waals surface area (Å²) in [5, 5.41) is 11.6. The van der Waals surface area contributed by atoms with Gasteiger partial charge in [0.25, 0.3) is 0 Å². The van der Waals surface area contributed by atoms with Crippen LogP contribution >= 0.6 is 23.5 Å². The van der Waals surface area contributed by atoms with Crippen molar-refractivity contribution in [1.29, 1.82) is 0 Å². The summed E-state index contributed by atoms with van der Waals surface area (Å²) in [6.45, 7) is 7.16.